The lowest BCUT2D eigenvalue weighted by molar-refractivity contribution is -0.143. The van der Waals surface area contributed by atoms with Crippen LogP contribution in [0.4, 0.5) is 0 Å². The fraction of sp³-hybridized carbons (Fsp3) is 0.938. The molecule has 0 saturated heterocycles. The van der Waals surface area contributed by atoms with Crippen LogP contribution in [0.2, 0.25) is 0 Å². The van der Waals surface area contributed by atoms with Crippen LogP contribution in [0.15, 0.2) is 0 Å². The van der Waals surface area contributed by atoms with Gasteiger partial charge in [-0.05, 0) is 25.7 Å². The lowest BCUT2D eigenvalue weighted by Gasteiger charge is -2.00. The molecule has 3 heteroatoms. The van der Waals surface area contributed by atoms with Crippen molar-refractivity contribution in [2.45, 2.75) is 79.1 Å². The fourth-order valence-corrected chi connectivity index (χ4v) is 1.20. The first-order valence-electron chi connectivity index (χ1n) is 7.96. The van der Waals surface area contributed by atoms with Crippen LogP contribution in [-0.4, -0.2) is 25.8 Å². The molecule has 0 aliphatic rings. The molecular weight excluding hydrogens is 240 g/mol. The summed E-state index contributed by atoms with van der Waals surface area (Å²) in [6.07, 6.45) is 8.41. The molecule has 0 fully saturated rings. The standard InChI is InChI=1S/C8H16O2.C8H18O/c1-3-5-7-10-8(9)6-4-2;1-3-5-7-9-8-6-4-2/h3-7H2,1-2H3;3-8H2,1-2H3. The SMILES string of the molecule is CCCCOC(=O)CCC.CCCCOCCCC. The van der Waals surface area contributed by atoms with Gasteiger partial charge in [0.1, 0.15) is 0 Å². The lowest BCUT2D eigenvalue weighted by atomic mass is 10.3. The van der Waals surface area contributed by atoms with Crippen LogP contribution in [0.1, 0.15) is 79.1 Å². The van der Waals surface area contributed by atoms with E-state index in [0.717, 1.165) is 32.5 Å². The number of unbranched alkanes of at least 4 members (excludes halogenated alkanes) is 3. The Morgan fingerprint density at radius 2 is 1.21 bits per heavy atom. The van der Waals surface area contributed by atoms with Crippen molar-refractivity contribution >= 4 is 5.97 Å². The highest BCUT2D eigenvalue weighted by Gasteiger charge is 1.97. The molecule has 0 atom stereocenters. The van der Waals surface area contributed by atoms with E-state index in [1.807, 2.05) is 6.92 Å². The summed E-state index contributed by atoms with van der Waals surface area (Å²) in [5.74, 6) is -0.0593. The molecule has 0 aliphatic heterocycles. The number of hydrogen-bond acceptors (Lipinski definition) is 3. The van der Waals surface area contributed by atoms with Gasteiger partial charge < -0.3 is 9.47 Å². The van der Waals surface area contributed by atoms with Gasteiger partial charge in [0.15, 0.2) is 0 Å². The van der Waals surface area contributed by atoms with Crippen molar-refractivity contribution in [2.75, 3.05) is 19.8 Å². The molecule has 0 aromatic carbocycles. The van der Waals surface area contributed by atoms with Crippen molar-refractivity contribution in [1.82, 2.24) is 0 Å². The third-order valence-electron chi connectivity index (χ3n) is 2.50. The number of rotatable bonds is 11. The van der Waals surface area contributed by atoms with E-state index in [2.05, 4.69) is 20.8 Å². The molecule has 0 unspecified atom stereocenters. The maximum atomic E-state index is 10.7. The van der Waals surface area contributed by atoms with Gasteiger partial charge in [0.2, 0.25) is 0 Å². The minimum absolute atomic E-state index is 0.0593. The third-order valence-corrected chi connectivity index (χ3v) is 2.50. The van der Waals surface area contributed by atoms with E-state index in [1.54, 1.807) is 0 Å². The first kappa shape index (κ1) is 20.7. The summed E-state index contributed by atoms with van der Waals surface area (Å²) < 4.78 is 10.2. The first-order valence-corrected chi connectivity index (χ1v) is 7.96. The van der Waals surface area contributed by atoms with Crippen LogP contribution in [0.3, 0.4) is 0 Å². The smallest absolute Gasteiger partial charge is 0.305 e. The minimum atomic E-state index is -0.0593. The van der Waals surface area contributed by atoms with Crippen LogP contribution >= 0.6 is 0 Å². The molecule has 0 saturated carbocycles. The van der Waals surface area contributed by atoms with Gasteiger partial charge in [-0.3, -0.25) is 4.79 Å². The molecule has 0 amide bonds. The van der Waals surface area contributed by atoms with Crippen molar-refractivity contribution in [3.63, 3.8) is 0 Å². The topological polar surface area (TPSA) is 35.5 Å². The largest absolute Gasteiger partial charge is 0.466 e. The van der Waals surface area contributed by atoms with Gasteiger partial charge in [0.05, 0.1) is 6.61 Å². The van der Waals surface area contributed by atoms with E-state index < -0.39 is 0 Å². The monoisotopic (exact) mass is 274 g/mol. The molecule has 116 valence electrons. The van der Waals surface area contributed by atoms with E-state index in [9.17, 15) is 4.79 Å². The van der Waals surface area contributed by atoms with Crippen LogP contribution in [-0.2, 0) is 14.3 Å². The van der Waals surface area contributed by atoms with Crippen LogP contribution in [0, 0.1) is 0 Å². The van der Waals surface area contributed by atoms with Gasteiger partial charge in [-0.1, -0.05) is 47.0 Å². The Hall–Kier alpha value is -0.570. The average Bonchev–Trinajstić information content (AvgIpc) is 2.40. The number of ether oxygens (including phenoxy) is 2. The summed E-state index contributed by atoms with van der Waals surface area (Å²) in [7, 11) is 0. The molecule has 0 aliphatic carbocycles. The summed E-state index contributed by atoms with van der Waals surface area (Å²) >= 11 is 0. The second-order valence-corrected chi connectivity index (χ2v) is 4.64. The zero-order chi connectivity index (χ0) is 14.8. The van der Waals surface area contributed by atoms with E-state index >= 15 is 0 Å². The van der Waals surface area contributed by atoms with Crippen LogP contribution in [0.25, 0.3) is 0 Å². The Kier molecular flexibility index (Phi) is 21.6. The van der Waals surface area contributed by atoms with Crippen molar-refractivity contribution < 1.29 is 14.3 Å². The number of carbonyl (C=O) groups is 1. The molecule has 0 aromatic heterocycles. The molecule has 0 heterocycles. The molecule has 3 nitrogen and oxygen atoms in total. The highest BCUT2D eigenvalue weighted by Crippen LogP contribution is 1.94. The van der Waals surface area contributed by atoms with Gasteiger partial charge in [-0.25, -0.2) is 0 Å². The summed E-state index contributed by atoms with van der Waals surface area (Å²) in [6.45, 7) is 10.9. The lowest BCUT2D eigenvalue weighted by Crippen LogP contribution is -2.04. The number of esters is 1. The highest BCUT2D eigenvalue weighted by atomic mass is 16.5. The predicted molar refractivity (Wildman–Crippen MR) is 81.4 cm³/mol. The zero-order valence-corrected chi connectivity index (χ0v) is 13.5. The Balaban J connectivity index is 0. The second-order valence-electron chi connectivity index (χ2n) is 4.64. The van der Waals surface area contributed by atoms with Gasteiger partial charge >= 0.3 is 5.97 Å². The molecule has 0 radical (unpaired) electrons. The molecular formula is C16H34O3. The van der Waals surface area contributed by atoms with Gasteiger partial charge in [0, 0.05) is 19.6 Å². The summed E-state index contributed by atoms with van der Waals surface area (Å²) in [6, 6.07) is 0. The predicted octanol–water partition coefficient (Wildman–Crippen LogP) is 4.73. The maximum Gasteiger partial charge on any atom is 0.305 e. The Morgan fingerprint density at radius 3 is 1.63 bits per heavy atom. The summed E-state index contributed by atoms with van der Waals surface area (Å²) in [5, 5.41) is 0. The zero-order valence-electron chi connectivity index (χ0n) is 13.5. The Bertz CT molecular complexity index is 163. The Labute approximate surface area is 120 Å². The minimum Gasteiger partial charge on any atom is -0.466 e. The van der Waals surface area contributed by atoms with Crippen molar-refractivity contribution in [2.24, 2.45) is 0 Å². The van der Waals surface area contributed by atoms with E-state index in [0.29, 0.717) is 13.0 Å². The second kappa shape index (κ2) is 19.8. The van der Waals surface area contributed by atoms with E-state index in [4.69, 9.17) is 9.47 Å². The van der Waals surface area contributed by atoms with E-state index in [1.165, 1.54) is 25.7 Å². The van der Waals surface area contributed by atoms with Gasteiger partial charge in [0.25, 0.3) is 0 Å². The van der Waals surface area contributed by atoms with Gasteiger partial charge in [-0.2, -0.15) is 0 Å². The molecule has 0 bridgehead atoms. The molecule has 0 spiro atoms. The Morgan fingerprint density at radius 1 is 0.737 bits per heavy atom. The van der Waals surface area contributed by atoms with Crippen molar-refractivity contribution in [3.8, 4) is 0 Å². The van der Waals surface area contributed by atoms with E-state index in [-0.39, 0.29) is 5.97 Å². The fourth-order valence-electron chi connectivity index (χ4n) is 1.20. The number of hydrogen-bond donors (Lipinski definition) is 0. The van der Waals surface area contributed by atoms with Crippen LogP contribution in [0.5, 0.6) is 0 Å². The van der Waals surface area contributed by atoms with Gasteiger partial charge in [-0.15, -0.1) is 0 Å². The van der Waals surface area contributed by atoms with Crippen molar-refractivity contribution in [1.29, 1.82) is 0 Å². The first-order chi connectivity index (χ1) is 9.22. The van der Waals surface area contributed by atoms with Crippen LogP contribution < -0.4 is 0 Å². The van der Waals surface area contributed by atoms with Crippen molar-refractivity contribution in [3.05, 3.63) is 0 Å². The number of carbonyl (C=O) groups excluding carboxylic acids is 1. The normalized spacial score (nSPS) is 9.68. The highest BCUT2D eigenvalue weighted by molar-refractivity contribution is 5.69. The summed E-state index contributed by atoms with van der Waals surface area (Å²) in [5.41, 5.74) is 0. The average molecular weight is 274 g/mol. The molecule has 19 heavy (non-hydrogen) atoms. The maximum absolute atomic E-state index is 10.7. The quantitative estimate of drug-likeness (QED) is 0.403. The third kappa shape index (κ3) is 23.0. The summed E-state index contributed by atoms with van der Waals surface area (Å²) in [4.78, 5) is 10.7. The molecule has 0 N–H and O–H groups in total. The molecule has 0 aromatic rings. The molecule has 0 rings (SSSR count).